The number of aryl methyl sites for hydroxylation is 1. The number of hydrogen-bond donors (Lipinski definition) is 1. The van der Waals surface area contributed by atoms with Gasteiger partial charge in [0.1, 0.15) is 10.2 Å². The molecule has 0 fully saturated rings. The van der Waals surface area contributed by atoms with E-state index in [4.69, 9.17) is 23.2 Å². The van der Waals surface area contributed by atoms with Crippen LogP contribution < -0.4 is 5.32 Å². The van der Waals surface area contributed by atoms with Gasteiger partial charge in [-0.15, -0.1) is 0 Å². The lowest BCUT2D eigenvalue weighted by Gasteiger charge is -2.08. The fourth-order valence-corrected chi connectivity index (χ4v) is 2.30. The third kappa shape index (κ3) is 3.08. The number of halogens is 2. The maximum absolute atomic E-state index is 12.3. The van der Waals surface area contributed by atoms with E-state index in [0.29, 0.717) is 12.2 Å². The Bertz CT molecular complexity index is 728. The van der Waals surface area contributed by atoms with E-state index in [9.17, 15) is 9.59 Å². The van der Waals surface area contributed by atoms with Crippen molar-refractivity contribution in [2.24, 2.45) is 0 Å². The average molecular weight is 342 g/mol. The second-order valence-corrected chi connectivity index (χ2v) is 5.00. The molecule has 0 unspecified atom stereocenters. The Morgan fingerprint density at radius 3 is 2.59 bits per heavy atom. The van der Waals surface area contributed by atoms with Gasteiger partial charge in [-0.25, -0.2) is 4.79 Å². The first kappa shape index (κ1) is 16.3. The molecule has 8 heteroatoms. The summed E-state index contributed by atoms with van der Waals surface area (Å²) < 4.78 is 6.08. The minimum Gasteiger partial charge on any atom is -0.465 e. The van der Waals surface area contributed by atoms with Crippen LogP contribution in [0.1, 0.15) is 27.8 Å². The van der Waals surface area contributed by atoms with Gasteiger partial charge in [0.25, 0.3) is 5.91 Å². The van der Waals surface area contributed by atoms with Gasteiger partial charge >= 0.3 is 5.97 Å². The average Bonchev–Trinajstić information content (AvgIpc) is 2.82. The van der Waals surface area contributed by atoms with Gasteiger partial charge in [-0.2, -0.15) is 5.10 Å². The highest BCUT2D eigenvalue weighted by Gasteiger charge is 2.22. The zero-order valence-electron chi connectivity index (χ0n) is 11.9. The van der Waals surface area contributed by atoms with Crippen LogP contribution in [0.4, 0.5) is 5.69 Å². The van der Waals surface area contributed by atoms with Crippen LogP contribution >= 0.6 is 23.2 Å². The number of rotatable bonds is 4. The fraction of sp³-hybridized carbons (Fsp3) is 0.214. The molecule has 22 heavy (non-hydrogen) atoms. The van der Waals surface area contributed by atoms with E-state index >= 15 is 0 Å². The molecule has 6 nitrogen and oxygen atoms in total. The van der Waals surface area contributed by atoms with E-state index in [2.05, 4.69) is 15.2 Å². The first-order valence-electron chi connectivity index (χ1n) is 6.40. The number of anilines is 1. The van der Waals surface area contributed by atoms with Crippen molar-refractivity contribution >= 4 is 40.8 Å². The van der Waals surface area contributed by atoms with Crippen LogP contribution in [0.15, 0.2) is 24.3 Å². The van der Waals surface area contributed by atoms with Gasteiger partial charge in [-0.05, 0) is 19.1 Å². The molecule has 0 saturated carbocycles. The first-order chi connectivity index (χ1) is 10.5. The molecular formula is C14H13Cl2N3O3. The number of para-hydroxylation sites is 1. The molecule has 2 rings (SSSR count). The fourth-order valence-electron chi connectivity index (χ4n) is 1.84. The van der Waals surface area contributed by atoms with Crippen LogP contribution in [0.2, 0.25) is 10.2 Å². The number of esters is 1. The van der Waals surface area contributed by atoms with E-state index in [1.807, 2.05) is 6.92 Å². The molecule has 2 aromatic rings. The molecule has 1 amide bonds. The predicted molar refractivity (Wildman–Crippen MR) is 83.7 cm³/mol. The van der Waals surface area contributed by atoms with Crippen molar-refractivity contribution < 1.29 is 14.3 Å². The van der Waals surface area contributed by atoms with E-state index in [1.165, 1.54) is 11.8 Å². The molecule has 0 radical (unpaired) electrons. The number of carbonyl (C=O) groups is 2. The smallest absolute Gasteiger partial charge is 0.339 e. The van der Waals surface area contributed by atoms with Gasteiger partial charge in [0.2, 0.25) is 0 Å². The summed E-state index contributed by atoms with van der Waals surface area (Å²) in [5, 5.41) is 6.89. The Morgan fingerprint density at radius 1 is 1.32 bits per heavy atom. The lowest BCUT2D eigenvalue weighted by atomic mass is 10.1. The van der Waals surface area contributed by atoms with Crippen molar-refractivity contribution in [1.29, 1.82) is 0 Å². The number of nitrogens with zero attached hydrogens (tertiary/aromatic N) is 2. The van der Waals surface area contributed by atoms with Gasteiger partial charge in [-0.1, -0.05) is 35.3 Å². The standard InChI is InChI=1S/C14H13Cl2N3O3/c1-3-19-12(16)10(15)11(18-19)13(20)17-9-7-5-4-6-8(9)14(21)22-2/h4-7H,3H2,1-2H3,(H,17,20). The second-order valence-electron chi connectivity index (χ2n) is 4.26. The van der Waals surface area contributed by atoms with Gasteiger partial charge in [0.15, 0.2) is 5.69 Å². The molecule has 1 aromatic heterocycles. The van der Waals surface area contributed by atoms with Gasteiger partial charge in [0, 0.05) is 6.54 Å². The third-order valence-corrected chi connectivity index (χ3v) is 3.77. The molecule has 116 valence electrons. The van der Waals surface area contributed by atoms with Crippen molar-refractivity contribution in [3.05, 3.63) is 45.7 Å². The van der Waals surface area contributed by atoms with Crippen LogP contribution in [-0.2, 0) is 11.3 Å². The maximum Gasteiger partial charge on any atom is 0.339 e. The molecule has 0 aliphatic carbocycles. The quantitative estimate of drug-likeness (QED) is 0.866. The lowest BCUT2D eigenvalue weighted by molar-refractivity contribution is 0.0602. The Kier molecular flexibility index (Phi) is 5.05. The number of carbonyl (C=O) groups excluding carboxylic acids is 2. The van der Waals surface area contributed by atoms with E-state index < -0.39 is 11.9 Å². The molecule has 0 saturated heterocycles. The molecule has 1 aromatic carbocycles. The Labute approximate surface area is 137 Å². The van der Waals surface area contributed by atoms with Crippen molar-refractivity contribution in [3.63, 3.8) is 0 Å². The van der Waals surface area contributed by atoms with E-state index in [0.717, 1.165) is 0 Å². The topological polar surface area (TPSA) is 73.2 Å². The van der Waals surface area contributed by atoms with Gasteiger partial charge in [0.05, 0.1) is 18.4 Å². The van der Waals surface area contributed by atoms with Crippen molar-refractivity contribution in [3.8, 4) is 0 Å². The summed E-state index contributed by atoms with van der Waals surface area (Å²) in [7, 11) is 1.26. The number of aromatic nitrogens is 2. The summed E-state index contributed by atoms with van der Waals surface area (Å²) in [4.78, 5) is 24.0. The normalized spacial score (nSPS) is 10.4. The molecule has 0 atom stereocenters. The monoisotopic (exact) mass is 341 g/mol. The summed E-state index contributed by atoms with van der Waals surface area (Å²) in [6.45, 7) is 2.30. The second kappa shape index (κ2) is 6.81. The Hall–Kier alpha value is -2.05. The van der Waals surface area contributed by atoms with E-state index in [1.54, 1.807) is 24.3 Å². The highest BCUT2D eigenvalue weighted by molar-refractivity contribution is 6.43. The third-order valence-electron chi connectivity index (χ3n) is 2.93. The predicted octanol–water partition coefficient (Wildman–Crippen LogP) is 3.25. The van der Waals surface area contributed by atoms with Crippen LogP contribution in [0.3, 0.4) is 0 Å². The Balaban J connectivity index is 2.32. The van der Waals surface area contributed by atoms with Crippen LogP contribution in [0, 0.1) is 0 Å². The molecule has 0 bridgehead atoms. The van der Waals surface area contributed by atoms with Crippen LogP contribution in [-0.4, -0.2) is 28.8 Å². The number of ether oxygens (including phenoxy) is 1. The van der Waals surface area contributed by atoms with Crippen molar-refractivity contribution in [2.45, 2.75) is 13.5 Å². The summed E-state index contributed by atoms with van der Waals surface area (Å²) in [6.07, 6.45) is 0. The maximum atomic E-state index is 12.3. The largest absolute Gasteiger partial charge is 0.465 e. The number of nitrogens with one attached hydrogen (secondary N) is 1. The number of hydrogen-bond acceptors (Lipinski definition) is 4. The minimum absolute atomic E-state index is 0.00631. The van der Waals surface area contributed by atoms with Gasteiger partial charge in [-0.3, -0.25) is 9.48 Å². The van der Waals surface area contributed by atoms with Crippen LogP contribution in [0.5, 0.6) is 0 Å². The molecule has 0 spiro atoms. The molecular weight excluding hydrogens is 329 g/mol. The summed E-state index contributed by atoms with van der Waals surface area (Å²) in [5.41, 5.74) is 0.529. The minimum atomic E-state index is -0.560. The van der Waals surface area contributed by atoms with E-state index in [-0.39, 0.29) is 21.4 Å². The highest BCUT2D eigenvalue weighted by atomic mass is 35.5. The zero-order valence-corrected chi connectivity index (χ0v) is 13.4. The van der Waals surface area contributed by atoms with Crippen LogP contribution in [0.25, 0.3) is 0 Å². The Morgan fingerprint density at radius 2 is 2.00 bits per heavy atom. The van der Waals surface area contributed by atoms with Crippen molar-refractivity contribution in [1.82, 2.24) is 9.78 Å². The number of methoxy groups -OCH3 is 1. The summed E-state index contributed by atoms with van der Waals surface area (Å²) in [5.74, 6) is -1.12. The van der Waals surface area contributed by atoms with Crippen molar-refractivity contribution in [2.75, 3.05) is 12.4 Å². The molecule has 1 N–H and O–H groups in total. The molecule has 0 aliphatic rings. The zero-order chi connectivity index (χ0) is 16.3. The SMILES string of the molecule is CCn1nc(C(=O)Nc2ccccc2C(=O)OC)c(Cl)c1Cl. The summed E-state index contributed by atoms with van der Waals surface area (Å²) >= 11 is 12.0. The summed E-state index contributed by atoms with van der Waals surface area (Å²) in [6, 6.07) is 6.47. The first-order valence-corrected chi connectivity index (χ1v) is 7.15. The molecule has 0 aliphatic heterocycles. The lowest BCUT2D eigenvalue weighted by Crippen LogP contribution is -2.16. The van der Waals surface area contributed by atoms with Gasteiger partial charge < -0.3 is 10.1 Å². The molecule has 1 heterocycles. The number of benzene rings is 1. The highest BCUT2D eigenvalue weighted by Crippen LogP contribution is 2.27. The number of amides is 1.